The molecule has 2 nitrogen and oxygen atoms in total. The number of hydrogen-bond donors (Lipinski definition) is 0. The van der Waals surface area contributed by atoms with Crippen LogP contribution in [0.15, 0.2) is 23.1 Å². The van der Waals surface area contributed by atoms with Gasteiger partial charge in [-0.15, -0.1) is 0 Å². The Morgan fingerprint density at radius 1 is 1.33 bits per heavy atom. The fourth-order valence-electron chi connectivity index (χ4n) is 0.705. The fourth-order valence-corrected chi connectivity index (χ4v) is 1.20. The van der Waals surface area contributed by atoms with Crippen molar-refractivity contribution in [2.45, 2.75) is 4.90 Å². The summed E-state index contributed by atoms with van der Waals surface area (Å²) < 4.78 is 12.4. The molecule has 0 aliphatic heterocycles. The zero-order chi connectivity index (χ0) is 7.56. The van der Waals surface area contributed by atoms with E-state index in [4.69, 9.17) is 7.85 Å². The molecule has 5 heteroatoms. The van der Waals surface area contributed by atoms with Crippen LogP contribution in [0, 0.1) is 5.82 Å². The minimum Gasteiger partial charge on any atom is -0.870 e. The van der Waals surface area contributed by atoms with Crippen LogP contribution in [0.3, 0.4) is 0 Å². The fraction of sp³-hybridized carbons (Fsp3) is 0.143. The molecule has 0 fully saturated rings. The Hall–Kier alpha value is -0.515. The first-order valence-corrected chi connectivity index (χ1v) is 4.05. The zero-order valence-corrected chi connectivity index (χ0v) is 7.31. The molecule has 0 heterocycles. The predicted molar refractivity (Wildman–Crippen MR) is 47.4 cm³/mol. The molecule has 1 aromatic rings. The van der Waals surface area contributed by atoms with Gasteiger partial charge < -0.3 is 11.0 Å². The number of thioether (sulfide) groups is 1. The zero-order valence-electron chi connectivity index (χ0n) is 6.49. The average Bonchev–Trinajstić information content (AvgIpc) is 1.88. The second-order valence-corrected chi connectivity index (χ2v) is 2.73. The van der Waals surface area contributed by atoms with Gasteiger partial charge in [0.05, 0.1) is 0 Å². The molecule has 0 bridgehead atoms. The molecule has 0 unspecified atom stereocenters. The van der Waals surface area contributed by atoms with E-state index in [9.17, 15) is 4.39 Å². The van der Waals surface area contributed by atoms with Crippen molar-refractivity contribution in [2.75, 3.05) is 6.26 Å². The van der Waals surface area contributed by atoms with Gasteiger partial charge in [-0.2, -0.15) is 0 Å². The Morgan fingerprint density at radius 3 is 2.33 bits per heavy atom. The molecule has 64 valence electrons. The maximum absolute atomic E-state index is 12.4. The van der Waals surface area contributed by atoms with E-state index in [0.29, 0.717) is 5.46 Å². The minimum atomic E-state index is -0.282. The van der Waals surface area contributed by atoms with E-state index in [1.807, 2.05) is 6.26 Å². The Labute approximate surface area is 76.2 Å². The van der Waals surface area contributed by atoms with Crippen LogP contribution in [0.4, 0.5) is 4.39 Å². The topological polar surface area (TPSA) is 60.0 Å². The molecule has 0 aliphatic carbocycles. The molecule has 0 spiro atoms. The van der Waals surface area contributed by atoms with Gasteiger partial charge >= 0.3 is 64.6 Å². The van der Waals surface area contributed by atoms with Crippen LogP contribution in [0.1, 0.15) is 0 Å². The van der Waals surface area contributed by atoms with Crippen molar-refractivity contribution >= 4 is 25.1 Å². The summed E-state index contributed by atoms with van der Waals surface area (Å²) >= 11 is 1.51. The molecule has 0 atom stereocenters. The summed E-state index contributed by atoms with van der Waals surface area (Å²) in [6.45, 7) is 0. The number of hydrogen-bond acceptors (Lipinski definition) is 3. The first-order valence-electron chi connectivity index (χ1n) is 2.83. The first-order chi connectivity index (χ1) is 4.74. The number of benzene rings is 1. The Kier molecular flexibility index (Phi) is 7.08. The van der Waals surface area contributed by atoms with Crippen LogP contribution < -0.4 is 5.46 Å². The third kappa shape index (κ3) is 3.25. The van der Waals surface area contributed by atoms with Crippen LogP contribution in [0.25, 0.3) is 0 Å². The molecule has 0 radical (unpaired) electrons. The van der Waals surface area contributed by atoms with Gasteiger partial charge in [0.15, 0.2) is 0 Å². The van der Waals surface area contributed by atoms with Crippen LogP contribution >= 0.6 is 11.8 Å². The van der Waals surface area contributed by atoms with E-state index in [1.54, 1.807) is 6.07 Å². The largest absolute Gasteiger partial charge is 0.870 e. The van der Waals surface area contributed by atoms with Gasteiger partial charge in [-0.3, -0.25) is 0 Å². The van der Waals surface area contributed by atoms with Crippen molar-refractivity contribution in [3.05, 3.63) is 24.0 Å². The van der Waals surface area contributed by atoms with Gasteiger partial charge in [-0.1, -0.05) is 0 Å². The second kappa shape index (κ2) is 6.05. The minimum absolute atomic E-state index is 0. The monoisotopic (exact) mass is 186 g/mol. The van der Waals surface area contributed by atoms with Crippen molar-refractivity contribution in [1.82, 2.24) is 0 Å². The van der Waals surface area contributed by atoms with E-state index < -0.39 is 0 Å². The Morgan fingerprint density at radius 2 is 1.92 bits per heavy atom. The number of halogens is 1. The van der Waals surface area contributed by atoms with E-state index >= 15 is 0 Å². The molecule has 0 aromatic heterocycles. The van der Waals surface area contributed by atoms with Crippen molar-refractivity contribution in [3.8, 4) is 0 Å². The van der Waals surface area contributed by atoms with Crippen LogP contribution in [0.2, 0.25) is 0 Å². The first kappa shape index (κ1) is 14.0. The van der Waals surface area contributed by atoms with Crippen LogP contribution in [-0.2, 0) is 0 Å². The van der Waals surface area contributed by atoms with Gasteiger partial charge in [0.1, 0.15) is 0 Å². The Balaban J connectivity index is 0. The summed E-state index contributed by atoms with van der Waals surface area (Å²) in [5.74, 6) is -0.282. The number of rotatable bonds is 1. The molecular formula is C7H8BFO2S. The van der Waals surface area contributed by atoms with Crippen molar-refractivity contribution < 1.29 is 15.3 Å². The van der Waals surface area contributed by atoms with E-state index in [1.165, 1.54) is 23.9 Å². The third-order valence-electron chi connectivity index (χ3n) is 1.19. The van der Waals surface area contributed by atoms with Crippen LogP contribution in [0.5, 0.6) is 0 Å². The quantitative estimate of drug-likeness (QED) is 0.485. The van der Waals surface area contributed by atoms with Gasteiger partial charge in [-0.25, -0.2) is 0 Å². The van der Waals surface area contributed by atoms with Gasteiger partial charge in [0, 0.05) is 0 Å². The molecule has 0 saturated carbocycles. The second-order valence-electron chi connectivity index (χ2n) is 1.89. The van der Waals surface area contributed by atoms with E-state index in [0.717, 1.165) is 4.90 Å². The van der Waals surface area contributed by atoms with E-state index in [2.05, 4.69) is 0 Å². The molecular weight excluding hydrogens is 178 g/mol. The van der Waals surface area contributed by atoms with Crippen molar-refractivity contribution in [2.24, 2.45) is 0 Å². The van der Waals surface area contributed by atoms with Crippen molar-refractivity contribution in [1.29, 1.82) is 0 Å². The average molecular weight is 186 g/mol. The van der Waals surface area contributed by atoms with E-state index in [-0.39, 0.29) is 16.8 Å². The molecule has 0 amide bonds. The molecule has 0 saturated heterocycles. The molecule has 12 heavy (non-hydrogen) atoms. The molecule has 1 aromatic carbocycles. The third-order valence-corrected chi connectivity index (χ3v) is 2.00. The predicted octanol–water partition coefficient (Wildman–Crippen LogP) is 0.988. The standard InChI is InChI=1S/C7H6BFS.2H2O/c1-10-7-3-2-5(9)4-6(7)8;;/h2-4H,1H3;2*1H2/q+2;;/p-2. The molecule has 1 rings (SSSR count). The maximum atomic E-state index is 12.4. The molecule has 2 N–H and O–H groups in total. The summed E-state index contributed by atoms with van der Waals surface area (Å²) in [6.07, 6.45) is 1.91. The summed E-state index contributed by atoms with van der Waals surface area (Å²) in [7, 11) is 5.47. The van der Waals surface area contributed by atoms with Gasteiger partial charge in [0.2, 0.25) is 0 Å². The van der Waals surface area contributed by atoms with Gasteiger partial charge in [0.25, 0.3) is 0 Å². The summed E-state index contributed by atoms with van der Waals surface area (Å²) in [4.78, 5) is 0.918. The van der Waals surface area contributed by atoms with Crippen LogP contribution in [-0.4, -0.2) is 25.1 Å². The van der Waals surface area contributed by atoms with Gasteiger partial charge in [-0.05, 0) is 0 Å². The Bertz CT molecular complexity index is 245. The maximum Gasteiger partial charge on any atom is -0.870 e. The molecule has 0 aliphatic rings. The normalized spacial score (nSPS) is 8.33. The summed E-state index contributed by atoms with van der Waals surface area (Å²) in [5, 5.41) is 0. The summed E-state index contributed by atoms with van der Waals surface area (Å²) in [5.41, 5.74) is 0.507. The van der Waals surface area contributed by atoms with Crippen molar-refractivity contribution in [3.63, 3.8) is 0 Å². The smallest absolute Gasteiger partial charge is 0.870 e. The SMILES string of the molecule is [B+2]c1cc(F)ccc1SC.[OH-].[OH-]. The summed E-state index contributed by atoms with van der Waals surface area (Å²) in [6, 6.07) is 4.41.